The number of ketones is 2. The van der Waals surface area contributed by atoms with E-state index in [-0.39, 0.29) is 35.6 Å². The molecule has 0 aliphatic heterocycles. The van der Waals surface area contributed by atoms with Crippen molar-refractivity contribution in [2.24, 2.45) is 23.5 Å². The van der Waals surface area contributed by atoms with Crippen LogP contribution >= 0.6 is 0 Å². The van der Waals surface area contributed by atoms with E-state index in [9.17, 15) is 34.8 Å². The van der Waals surface area contributed by atoms with Crippen molar-refractivity contribution in [1.82, 2.24) is 4.90 Å². The first-order valence-corrected chi connectivity index (χ1v) is 13.0. The lowest BCUT2D eigenvalue weighted by Gasteiger charge is -2.50. The predicted octanol–water partition coefficient (Wildman–Crippen LogP) is 1.90. The average molecular weight is 521 g/mol. The monoisotopic (exact) mass is 520 g/mol. The highest BCUT2D eigenvalue weighted by Gasteiger charge is 2.64. The second-order valence-corrected chi connectivity index (χ2v) is 11.1. The lowest BCUT2D eigenvalue weighted by Crippen LogP contribution is -2.65. The van der Waals surface area contributed by atoms with Gasteiger partial charge < -0.3 is 26.2 Å². The van der Waals surface area contributed by atoms with E-state index in [0.29, 0.717) is 11.1 Å². The van der Waals surface area contributed by atoms with Gasteiger partial charge in [-0.2, -0.15) is 0 Å². The summed E-state index contributed by atoms with van der Waals surface area (Å²) in [5, 5.41) is 44.5. The molecule has 5 rings (SSSR count). The Bertz CT molecular complexity index is 1370. The van der Waals surface area contributed by atoms with Gasteiger partial charge in [0, 0.05) is 23.0 Å². The van der Waals surface area contributed by atoms with Crippen LogP contribution in [0.3, 0.4) is 0 Å². The number of carbonyl (C=O) groups is 3. The van der Waals surface area contributed by atoms with Gasteiger partial charge in [0.2, 0.25) is 5.78 Å². The molecule has 4 atom stereocenters. The molecular formula is C29H32N2O7. The average Bonchev–Trinajstić information content (AvgIpc) is 2.86. The highest BCUT2D eigenvalue weighted by Crippen LogP contribution is 2.52. The second kappa shape index (κ2) is 9.29. The van der Waals surface area contributed by atoms with Crippen molar-refractivity contribution in [2.45, 2.75) is 56.6 Å². The van der Waals surface area contributed by atoms with E-state index >= 15 is 0 Å². The highest BCUT2D eigenvalue weighted by molar-refractivity contribution is 6.24. The molecule has 0 unspecified atom stereocenters. The van der Waals surface area contributed by atoms with E-state index in [0.717, 1.165) is 25.7 Å². The third kappa shape index (κ3) is 3.74. The third-order valence-corrected chi connectivity index (χ3v) is 8.62. The number of primary amides is 1. The Balaban J connectivity index is 1.65. The van der Waals surface area contributed by atoms with Crippen LogP contribution in [0.5, 0.6) is 5.75 Å². The number of phenolic OH excluding ortho intramolecular Hbond substituents is 1. The number of likely N-dealkylation sites (N-methyl/N-ethyl adjacent to an activating group) is 1. The smallest absolute Gasteiger partial charge is 0.255 e. The Morgan fingerprint density at radius 3 is 2.42 bits per heavy atom. The first-order chi connectivity index (χ1) is 18.0. The SMILES string of the molecule is CN(C)[C@@H]1C(=O)C(C(N)=O)=C(O)[C@@]2(O)C(=O)C3=C(O)c4c(O)ccc(C#CC5CCCCC5)c4C[C@H]3C[C@H]12. The fourth-order valence-electron chi connectivity index (χ4n) is 6.79. The van der Waals surface area contributed by atoms with Gasteiger partial charge >= 0.3 is 0 Å². The summed E-state index contributed by atoms with van der Waals surface area (Å²) in [4.78, 5) is 40.6. The molecule has 38 heavy (non-hydrogen) atoms. The fourth-order valence-corrected chi connectivity index (χ4v) is 6.79. The summed E-state index contributed by atoms with van der Waals surface area (Å²) >= 11 is 0. The number of nitrogens with zero attached hydrogens (tertiary/aromatic N) is 1. The minimum atomic E-state index is -2.64. The number of nitrogens with two attached hydrogens (primary N) is 1. The molecule has 2 saturated carbocycles. The van der Waals surface area contributed by atoms with Crippen molar-refractivity contribution >= 4 is 23.2 Å². The van der Waals surface area contributed by atoms with Gasteiger partial charge in [0.1, 0.15) is 22.8 Å². The standard InChI is InChI=1S/C29H32N2O7/c1-31(2)23-18-13-16-12-17-15(9-8-14-6-4-3-5-7-14)10-11-19(32)21(17)24(33)20(16)26(35)29(18,38)27(36)22(25(23)34)28(30)37/h10-11,14,16,18,23,32-33,36,38H,3-7,12-13H2,1-2H3,(H2,30,37)/t16-,18+,23-,29-/m0/s1. The second-order valence-electron chi connectivity index (χ2n) is 11.1. The van der Waals surface area contributed by atoms with Crippen molar-refractivity contribution < 1.29 is 34.8 Å². The van der Waals surface area contributed by atoms with E-state index < -0.39 is 58.0 Å². The van der Waals surface area contributed by atoms with Crippen LogP contribution in [0.25, 0.3) is 5.76 Å². The molecule has 0 bridgehead atoms. The quantitative estimate of drug-likeness (QED) is 0.292. The lowest BCUT2D eigenvalue weighted by atomic mass is 9.57. The maximum atomic E-state index is 13.9. The molecule has 0 spiro atoms. The molecular weight excluding hydrogens is 488 g/mol. The molecule has 1 amide bonds. The molecule has 4 aliphatic carbocycles. The highest BCUT2D eigenvalue weighted by atomic mass is 16.3. The number of hydrogen-bond acceptors (Lipinski definition) is 8. The summed E-state index contributed by atoms with van der Waals surface area (Å²) in [7, 11) is 3.15. The zero-order valence-electron chi connectivity index (χ0n) is 21.5. The Kier molecular flexibility index (Phi) is 6.36. The van der Waals surface area contributed by atoms with Gasteiger partial charge in [-0.05, 0) is 63.4 Å². The van der Waals surface area contributed by atoms with E-state index in [1.165, 1.54) is 17.4 Å². The summed E-state index contributed by atoms with van der Waals surface area (Å²) in [6.45, 7) is 0. The predicted molar refractivity (Wildman–Crippen MR) is 138 cm³/mol. The number of aliphatic hydroxyl groups excluding tert-OH is 2. The minimum Gasteiger partial charge on any atom is -0.508 e. The topological polar surface area (TPSA) is 161 Å². The van der Waals surface area contributed by atoms with Crippen molar-refractivity contribution in [3.63, 3.8) is 0 Å². The maximum Gasteiger partial charge on any atom is 0.255 e. The first kappa shape index (κ1) is 26.0. The maximum absolute atomic E-state index is 13.9. The zero-order valence-corrected chi connectivity index (χ0v) is 21.5. The molecule has 2 fully saturated rings. The molecule has 1 aromatic carbocycles. The van der Waals surface area contributed by atoms with Gasteiger partial charge in [-0.15, -0.1) is 0 Å². The van der Waals surface area contributed by atoms with Crippen LogP contribution in [0.15, 0.2) is 29.0 Å². The van der Waals surface area contributed by atoms with Gasteiger partial charge in [0.25, 0.3) is 5.91 Å². The summed E-state index contributed by atoms with van der Waals surface area (Å²) in [5.74, 6) is 0.251. The van der Waals surface area contributed by atoms with Crippen molar-refractivity contribution in [2.75, 3.05) is 14.1 Å². The van der Waals surface area contributed by atoms with Gasteiger partial charge in [-0.1, -0.05) is 31.1 Å². The largest absolute Gasteiger partial charge is 0.508 e. The molecule has 1 aromatic rings. The van der Waals surface area contributed by atoms with Gasteiger partial charge in [0.05, 0.1) is 11.6 Å². The summed E-state index contributed by atoms with van der Waals surface area (Å²) in [5.41, 5.74) is 3.03. The summed E-state index contributed by atoms with van der Waals surface area (Å²) < 4.78 is 0. The van der Waals surface area contributed by atoms with Crippen LogP contribution in [-0.4, -0.2) is 68.5 Å². The normalized spacial score (nSPS) is 29.4. The van der Waals surface area contributed by atoms with Crippen LogP contribution in [0.2, 0.25) is 0 Å². The van der Waals surface area contributed by atoms with Crippen LogP contribution in [-0.2, 0) is 20.8 Å². The molecule has 0 saturated heterocycles. The van der Waals surface area contributed by atoms with E-state index in [1.54, 1.807) is 20.2 Å². The van der Waals surface area contributed by atoms with E-state index in [4.69, 9.17) is 5.73 Å². The number of rotatable bonds is 2. The Labute approximate surface area is 220 Å². The number of benzene rings is 1. The third-order valence-electron chi connectivity index (χ3n) is 8.62. The van der Waals surface area contributed by atoms with Crippen LogP contribution in [0.1, 0.15) is 55.2 Å². The fraction of sp³-hybridized carbons (Fsp3) is 0.483. The van der Waals surface area contributed by atoms with Crippen molar-refractivity contribution in [1.29, 1.82) is 0 Å². The Hall–Kier alpha value is -3.61. The van der Waals surface area contributed by atoms with Crippen LogP contribution in [0.4, 0.5) is 0 Å². The number of carbonyl (C=O) groups excluding carboxylic acids is 3. The molecule has 9 nitrogen and oxygen atoms in total. The molecule has 0 radical (unpaired) electrons. The summed E-state index contributed by atoms with van der Waals surface area (Å²) in [6, 6.07) is 2.00. The molecule has 9 heteroatoms. The number of aliphatic hydroxyl groups is 3. The molecule has 0 aromatic heterocycles. The van der Waals surface area contributed by atoms with Crippen molar-refractivity contribution in [3.05, 3.63) is 45.7 Å². The zero-order chi connectivity index (χ0) is 27.5. The lowest BCUT2D eigenvalue weighted by molar-refractivity contribution is -0.153. The van der Waals surface area contributed by atoms with Gasteiger partial charge in [-0.3, -0.25) is 19.3 Å². The van der Waals surface area contributed by atoms with Crippen LogP contribution in [0, 0.1) is 29.6 Å². The molecule has 4 aliphatic rings. The number of fused-ring (bicyclic) bond motifs is 3. The number of hydrogen-bond donors (Lipinski definition) is 5. The Morgan fingerprint density at radius 1 is 1.11 bits per heavy atom. The molecule has 200 valence electrons. The van der Waals surface area contributed by atoms with Crippen LogP contribution < -0.4 is 5.73 Å². The number of amides is 1. The van der Waals surface area contributed by atoms with Gasteiger partial charge in [-0.25, -0.2) is 0 Å². The number of phenols is 1. The van der Waals surface area contributed by atoms with Gasteiger partial charge in [0.15, 0.2) is 11.4 Å². The van der Waals surface area contributed by atoms with E-state index in [2.05, 4.69) is 11.8 Å². The number of Topliss-reactive ketones (excluding diaryl/α,β-unsaturated/α-hetero) is 2. The Morgan fingerprint density at radius 2 is 1.79 bits per heavy atom. The molecule has 0 heterocycles. The summed E-state index contributed by atoms with van der Waals surface area (Å²) in [6.07, 6.45) is 5.83. The molecule has 6 N–H and O–H groups in total. The first-order valence-electron chi connectivity index (χ1n) is 13.0. The van der Waals surface area contributed by atoms with Crippen molar-refractivity contribution in [3.8, 4) is 17.6 Å². The number of aromatic hydroxyl groups is 1. The van der Waals surface area contributed by atoms with E-state index in [1.807, 2.05) is 0 Å². The minimum absolute atomic E-state index is 0.0525.